The van der Waals surface area contributed by atoms with Crippen LogP contribution in [0.2, 0.25) is 0 Å². The summed E-state index contributed by atoms with van der Waals surface area (Å²) in [6.45, 7) is 2.07. The van der Waals surface area contributed by atoms with E-state index in [-0.39, 0.29) is 16.6 Å². The van der Waals surface area contributed by atoms with Crippen LogP contribution in [-0.4, -0.2) is 33.0 Å². The number of hydrogen-bond donors (Lipinski definition) is 1. The summed E-state index contributed by atoms with van der Waals surface area (Å²) >= 11 is 1.22. The second-order valence-corrected chi connectivity index (χ2v) is 6.60. The van der Waals surface area contributed by atoms with Crippen LogP contribution in [0.25, 0.3) is 0 Å². The third-order valence-electron chi connectivity index (χ3n) is 2.06. The molecule has 0 aliphatic carbocycles. The summed E-state index contributed by atoms with van der Waals surface area (Å²) in [7, 11) is -3.26. The fourth-order valence-corrected chi connectivity index (χ4v) is 2.63. The Bertz CT molecular complexity index is 540. The van der Waals surface area contributed by atoms with Crippen molar-refractivity contribution in [2.75, 3.05) is 24.3 Å². The molecule has 0 aromatic heterocycles. The van der Waals surface area contributed by atoms with Gasteiger partial charge in [0.05, 0.1) is 17.3 Å². The first-order chi connectivity index (χ1) is 8.34. The normalized spacial score (nSPS) is 11.2. The maximum Gasteiger partial charge on any atom is 0.316 e. The summed E-state index contributed by atoms with van der Waals surface area (Å²) < 4.78 is 27.4. The molecule has 100 valence electrons. The lowest BCUT2D eigenvalue weighted by atomic mass is 10.3. The van der Waals surface area contributed by atoms with Crippen molar-refractivity contribution in [1.82, 2.24) is 0 Å². The third kappa shape index (κ3) is 4.23. The van der Waals surface area contributed by atoms with Gasteiger partial charge in [-0.15, -0.1) is 11.8 Å². The lowest BCUT2D eigenvalue weighted by Crippen LogP contribution is -2.07. The molecule has 0 heterocycles. The van der Waals surface area contributed by atoms with Crippen LogP contribution in [0, 0.1) is 0 Å². The highest BCUT2D eigenvalue weighted by Crippen LogP contribution is 2.27. The monoisotopic (exact) mass is 289 g/mol. The molecule has 0 saturated carbocycles. The van der Waals surface area contributed by atoms with Crippen molar-refractivity contribution >= 4 is 33.3 Å². The van der Waals surface area contributed by atoms with Crippen molar-refractivity contribution in [3.63, 3.8) is 0 Å². The van der Waals surface area contributed by atoms with Crippen molar-refractivity contribution in [2.45, 2.75) is 16.7 Å². The molecule has 0 aliphatic heterocycles. The Hall–Kier alpha value is -1.21. The lowest BCUT2D eigenvalue weighted by molar-refractivity contribution is -0.139. The molecule has 0 unspecified atom stereocenters. The van der Waals surface area contributed by atoms with Gasteiger partial charge in [0.25, 0.3) is 0 Å². The summed E-state index contributed by atoms with van der Waals surface area (Å²) in [6, 6.07) is 4.46. The first-order valence-electron chi connectivity index (χ1n) is 5.22. The average molecular weight is 289 g/mol. The Kier molecular flexibility index (Phi) is 5.03. The Balaban J connectivity index is 2.78. The molecule has 0 amide bonds. The number of nitrogen functional groups attached to an aromatic ring is 1. The number of nitrogens with two attached hydrogens (primary N) is 1. The predicted octanol–water partition coefficient (Wildman–Crippen LogP) is 1.33. The topological polar surface area (TPSA) is 86.5 Å². The summed E-state index contributed by atoms with van der Waals surface area (Å²) in [4.78, 5) is 12.0. The van der Waals surface area contributed by atoms with E-state index in [0.29, 0.717) is 17.2 Å². The number of sulfone groups is 1. The molecular formula is C11H15NO4S2. The molecule has 1 aromatic carbocycles. The van der Waals surface area contributed by atoms with E-state index >= 15 is 0 Å². The number of rotatable bonds is 5. The van der Waals surface area contributed by atoms with E-state index in [1.54, 1.807) is 13.0 Å². The predicted molar refractivity (Wildman–Crippen MR) is 71.3 cm³/mol. The van der Waals surface area contributed by atoms with E-state index in [2.05, 4.69) is 0 Å². The largest absolute Gasteiger partial charge is 0.465 e. The molecule has 18 heavy (non-hydrogen) atoms. The van der Waals surface area contributed by atoms with Crippen molar-refractivity contribution in [3.05, 3.63) is 18.2 Å². The van der Waals surface area contributed by atoms with Gasteiger partial charge in [0, 0.05) is 16.8 Å². The minimum absolute atomic E-state index is 0.149. The van der Waals surface area contributed by atoms with Crippen LogP contribution in [0.15, 0.2) is 28.0 Å². The molecule has 7 heteroatoms. The maximum atomic E-state index is 11.3. The zero-order valence-corrected chi connectivity index (χ0v) is 11.8. The van der Waals surface area contributed by atoms with Crippen LogP contribution in [0.5, 0.6) is 0 Å². The first-order valence-corrected chi connectivity index (χ1v) is 8.10. The summed E-state index contributed by atoms with van der Waals surface area (Å²) in [5.74, 6) is -0.176. The van der Waals surface area contributed by atoms with Crippen molar-refractivity contribution in [1.29, 1.82) is 0 Å². The van der Waals surface area contributed by atoms with Gasteiger partial charge < -0.3 is 10.5 Å². The number of carbonyl (C=O) groups is 1. The van der Waals surface area contributed by atoms with E-state index in [1.807, 2.05) is 0 Å². The number of carbonyl (C=O) groups excluding carboxylic acids is 1. The highest BCUT2D eigenvalue weighted by atomic mass is 32.2. The molecular weight excluding hydrogens is 274 g/mol. The number of benzene rings is 1. The van der Waals surface area contributed by atoms with E-state index in [0.717, 1.165) is 6.26 Å². The van der Waals surface area contributed by atoms with Gasteiger partial charge in [0.15, 0.2) is 9.84 Å². The molecule has 0 saturated heterocycles. The van der Waals surface area contributed by atoms with Gasteiger partial charge in [0.1, 0.15) is 0 Å². The van der Waals surface area contributed by atoms with Crippen molar-refractivity contribution < 1.29 is 17.9 Å². The number of ether oxygens (including phenoxy) is 1. The van der Waals surface area contributed by atoms with E-state index in [4.69, 9.17) is 10.5 Å². The average Bonchev–Trinajstić information content (AvgIpc) is 2.26. The zero-order valence-electron chi connectivity index (χ0n) is 10.2. The van der Waals surface area contributed by atoms with E-state index in [9.17, 15) is 13.2 Å². The molecule has 0 bridgehead atoms. The number of hydrogen-bond acceptors (Lipinski definition) is 6. The molecule has 0 radical (unpaired) electrons. The van der Waals surface area contributed by atoms with Gasteiger partial charge >= 0.3 is 5.97 Å². The highest BCUT2D eigenvalue weighted by Gasteiger charge is 2.11. The fourth-order valence-electron chi connectivity index (χ4n) is 1.23. The van der Waals surface area contributed by atoms with Crippen molar-refractivity contribution in [3.8, 4) is 0 Å². The third-order valence-corrected chi connectivity index (χ3v) is 4.23. The van der Waals surface area contributed by atoms with Crippen LogP contribution in [0.1, 0.15) is 6.92 Å². The van der Waals surface area contributed by atoms with Crippen LogP contribution in [0.3, 0.4) is 0 Å². The standard InChI is InChI=1S/C11H15NO4S2/c1-3-16-11(13)7-17-10-5-4-8(6-9(10)12)18(2,14)15/h4-6H,3,7,12H2,1-2H3. The SMILES string of the molecule is CCOC(=O)CSc1ccc(S(C)(=O)=O)cc1N. The lowest BCUT2D eigenvalue weighted by Gasteiger charge is -2.07. The maximum absolute atomic E-state index is 11.3. The van der Waals surface area contributed by atoms with E-state index in [1.165, 1.54) is 23.9 Å². The second kappa shape index (κ2) is 6.10. The summed E-state index contributed by atoms with van der Waals surface area (Å²) in [6.07, 6.45) is 1.12. The number of thioether (sulfide) groups is 1. The molecule has 0 spiro atoms. The molecule has 5 nitrogen and oxygen atoms in total. The van der Waals surface area contributed by atoms with Crippen LogP contribution in [0.4, 0.5) is 5.69 Å². The van der Waals surface area contributed by atoms with Gasteiger partial charge in [-0.1, -0.05) is 0 Å². The van der Waals surface area contributed by atoms with Crippen LogP contribution in [-0.2, 0) is 19.4 Å². The van der Waals surface area contributed by atoms with Gasteiger partial charge in [-0.2, -0.15) is 0 Å². The minimum atomic E-state index is -3.26. The Morgan fingerprint density at radius 3 is 2.61 bits per heavy atom. The highest BCUT2D eigenvalue weighted by molar-refractivity contribution is 8.00. The number of anilines is 1. The molecule has 0 aliphatic rings. The van der Waals surface area contributed by atoms with Crippen LogP contribution < -0.4 is 5.73 Å². The summed E-state index contributed by atoms with van der Waals surface area (Å²) in [5, 5.41) is 0. The van der Waals surface area contributed by atoms with Gasteiger partial charge in [-0.3, -0.25) is 4.79 Å². The fraction of sp³-hybridized carbons (Fsp3) is 0.364. The minimum Gasteiger partial charge on any atom is -0.465 e. The Morgan fingerprint density at radius 2 is 2.11 bits per heavy atom. The second-order valence-electron chi connectivity index (χ2n) is 3.57. The van der Waals surface area contributed by atoms with E-state index < -0.39 is 9.84 Å². The van der Waals surface area contributed by atoms with Gasteiger partial charge in [0.2, 0.25) is 0 Å². The Morgan fingerprint density at radius 1 is 1.44 bits per heavy atom. The Labute approximate surface area is 111 Å². The van der Waals surface area contributed by atoms with Crippen molar-refractivity contribution in [2.24, 2.45) is 0 Å². The number of esters is 1. The summed E-state index contributed by atoms with van der Waals surface area (Å²) in [5.41, 5.74) is 6.08. The smallest absolute Gasteiger partial charge is 0.316 e. The van der Waals surface area contributed by atoms with Crippen LogP contribution >= 0.6 is 11.8 Å². The molecule has 0 atom stereocenters. The quantitative estimate of drug-likeness (QED) is 0.500. The molecule has 1 rings (SSSR count). The molecule has 0 fully saturated rings. The molecule has 1 aromatic rings. The van der Waals surface area contributed by atoms with Gasteiger partial charge in [-0.25, -0.2) is 8.42 Å². The zero-order chi connectivity index (χ0) is 13.8. The molecule has 2 N–H and O–H groups in total. The first kappa shape index (κ1) is 14.8. The van der Waals surface area contributed by atoms with Gasteiger partial charge in [-0.05, 0) is 25.1 Å².